The summed E-state index contributed by atoms with van der Waals surface area (Å²) < 4.78 is 14.8. The van der Waals surface area contributed by atoms with E-state index in [9.17, 15) is 14.4 Å². The number of amides is 1. The molecule has 0 aromatic rings. The fraction of sp³-hybridized carbons (Fsp3) is 0.800. The van der Waals surface area contributed by atoms with Crippen LogP contribution in [-0.2, 0) is 23.8 Å². The number of piperidine rings is 1. The number of esters is 2. The summed E-state index contributed by atoms with van der Waals surface area (Å²) in [5.74, 6) is -0.926. The first-order valence-electron chi connectivity index (χ1n) is 7.35. The van der Waals surface area contributed by atoms with E-state index in [0.717, 1.165) is 6.42 Å². The molecule has 2 unspecified atom stereocenters. The summed E-state index contributed by atoms with van der Waals surface area (Å²) in [5, 5.41) is 0. The van der Waals surface area contributed by atoms with Gasteiger partial charge in [0.25, 0.3) is 0 Å². The number of nitrogens with zero attached hydrogens (tertiary/aromatic N) is 1. The van der Waals surface area contributed by atoms with Gasteiger partial charge in [-0.3, -0.25) is 9.69 Å². The Balaban J connectivity index is 3.00. The monoisotopic (exact) mass is 315 g/mol. The first-order chi connectivity index (χ1) is 10.2. The van der Waals surface area contributed by atoms with E-state index in [1.54, 1.807) is 20.8 Å². The van der Waals surface area contributed by atoms with Crippen LogP contribution in [0.2, 0.25) is 0 Å². The van der Waals surface area contributed by atoms with Crippen molar-refractivity contribution in [2.24, 2.45) is 0 Å². The lowest BCUT2D eigenvalue weighted by Gasteiger charge is -2.40. The zero-order chi connectivity index (χ0) is 16.9. The molecule has 7 heteroatoms. The third kappa shape index (κ3) is 4.89. The van der Waals surface area contributed by atoms with Crippen LogP contribution < -0.4 is 0 Å². The lowest BCUT2D eigenvalue weighted by molar-refractivity contribution is -0.152. The lowest BCUT2D eigenvalue weighted by atomic mass is 9.94. The normalized spacial score (nSPS) is 22.0. The molecule has 0 saturated carbocycles. The molecular weight excluding hydrogens is 290 g/mol. The second kappa shape index (κ2) is 7.47. The Kier molecular flexibility index (Phi) is 6.20. The SMILES string of the molecule is COC(=O)CC1CCCC(C(=O)OC)N1C(=O)OC(C)(C)C. The van der Waals surface area contributed by atoms with Crippen molar-refractivity contribution in [1.29, 1.82) is 0 Å². The van der Waals surface area contributed by atoms with Crippen molar-refractivity contribution in [3.05, 3.63) is 0 Å². The van der Waals surface area contributed by atoms with Crippen LogP contribution in [0.5, 0.6) is 0 Å². The highest BCUT2D eigenvalue weighted by atomic mass is 16.6. The Labute approximate surface area is 130 Å². The van der Waals surface area contributed by atoms with Crippen molar-refractivity contribution in [2.75, 3.05) is 14.2 Å². The first-order valence-corrected chi connectivity index (χ1v) is 7.35. The number of ether oxygens (including phenoxy) is 3. The van der Waals surface area contributed by atoms with E-state index >= 15 is 0 Å². The number of carbonyl (C=O) groups excluding carboxylic acids is 3. The van der Waals surface area contributed by atoms with E-state index in [1.165, 1.54) is 19.1 Å². The van der Waals surface area contributed by atoms with Crippen molar-refractivity contribution in [2.45, 2.75) is 64.1 Å². The minimum Gasteiger partial charge on any atom is -0.469 e. The number of carbonyl (C=O) groups is 3. The van der Waals surface area contributed by atoms with Crippen LogP contribution in [-0.4, -0.2) is 54.8 Å². The maximum atomic E-state index is 12.5. The second-order valence-electron chi connectivity index (χ2n) is 6.29. The standard InChI is InChI=1S/C15H25NO6/c1-15(2,3)22-14(19)16-10(9-12(17)20-4)7-6-8-11(16)13(18)21-5/h10-11H,6-9H2,1-5H3. The quantitative estimate of drug-likeness (QED) is 0.584. The van der Waals surface area contributed by atoms with Crippen LogP contribution in [0.4, 0.5) is 4.79 Å². The van der Waals surface area contributed by atoms with Crippen LogP contribution in [0.15, 0.2) is 0 Å². The summed E-state index contributed by atoms with van der Waals surface area (Å²) in [6.07, 6.45) is 1.24. The summed E-state index contributed by atoms with van der Waals surface area (Å²) in [6, 6.07) is -1.16. The van der Waals surface area contributed by atoms with Crippen molar-refractivity contribution < 1.29 is 28.6 Å². The predicted octanol–water partition coefficient (Wildman–Crippen LogP) is 1.88. The molecule has 2 atom stereocenters. The van der Waals surface area contributed by atoms with Crippen LogP contribution in [0.1, 0.15) is 46.5 Å². The number of rotatable bonds is 3. The average Bonchev–Trinajstić information content (AvgIpc) is 2.44. The van der Waals surface area contributed by atoms with Crippen LogP contribution >= 0.6 is 0 Å². The maximum absolute atomic E-state index is 12.5. The van der Waals surface area contributed by atoms with Gasteiger partial charge in [-0.1, -0.05) is 0 Å². The fourth-order valence-corrected chi connectivity index (χ4v) is 2.51. The van der Waals surface area contributed by atoms with Gasteiger partial charge in [-0.25, -0.2) is 9.59 Å². The van der Waals surface area contributed by atoms with Crippen molar-refractivity contribution in [1.82, 2.24) is 4.90 Å². The van der Waals surface area contributed by atoms with Gasteiger partial charge in [-0.15, -0.1) is 0 Å². The molecule has 1 heterocycles. The van der Waals surface area contributed by atoms with Gasteiger partial charge in [-0.2, -0.15) is 0 Å². The molecule has 0 bridgehead atoms. The van der Waals surface area contributed by atoms with Gasteiger partial charge in [0.2, 0.25) is 0 Å². The molecule has 1 rings (SSSR count). The molecule has 126 valence electrons. The second-order valence-corrected chi connectivity index (χ2v) is 6.29. The van der Waals surface area contributed by atoms with E-state index < -0.39 is 35.7 Å². The number of hydrogen-bond donors (Lipinski definition) is 0. The van der Waals surface area contributed by atoms with Crippen LogP contribution in [0.25, 0.3) is 0 Å². The molecule has 1 amide bonds. The van der Waals surface area contributed by atoms with Crippen molar-refractivity contribution in [3.63, 3.8) is 0 Å². The van der Waals surface area contributed by atoms with Crippen LogP contribution in [0.3, 0.4) is 0 Å². The van der Waals surface area contributed by atoms with Gasteiger partial charge >= 0.3 is 18.0 Å². The van der Waals surface area contributed by atoms with E-state index in [1.807, 2.05) is 0 Å². The van der Waals surface area contributed by atoms with Gasteiger partial charge in [-0.05, 0) is 40.0 Å². The van der Waals surface area contributed by atoms with Gasteiger partial charge in [0, 0.05) is 6.04 Å². The third-order valence-electron chi connectivity index (χ3n) is 3.45. The van der Waals surface area contributed by atoms with Gasteiger partial charge in [0.1, 0.15) is 11.6 Å². The summed E-state index contributed by atoms with van der Waals surface area (Å²) in [4.78, 5) is 37.3. The minimum absolute atomic E-state index is 0.0310. The Bertz CT molecular complexity index is 428. The van der Waals surface area contributed by atoms with Crippen LogP contribution in [0, 0.1) is 0 Å². The zero-order valence-electron chi connectivity index (χ0n) is 13.9. The Morgan fingerprint density at radius 2 is 1.73 bits per heavy atom. The Hall–Kier alpha value is -1.79. The van der Waals surface area contributed by atoms with Gasteiger partial charge < -0.3 is 14.2 Å². The molecule has 1 aliphatic rings. The summed E-state index contributed by atoms with van der Waals surface area (Å²) in [5.41, 5.74) is -0.689. The predicted molar refractivity (Wildman–Crippen MR) is 78.1 cm³/mol. The molecule has 0 aromatic carbocycles. The molecule has 1 saturated heterocycles. The molecule has 1 fully saturated rings. The highest BCUT2D eigenvalue weighted by molar-refractivity contribution is 5.82. The molecular formula is C15H25NO6. The highest BCUT2D eigenvalue weighted by Crippen LogP contribution is 2.28. The van der Waals surface area contributed by atoms with E-state index in [2.05, 4.69) is 4.74 Å². The fourth-order valence-electron chi connectivity index (χ4n) is 2.51. The number of hydrogen-bond acceptors (Lipinski definition) is 6. The first kappa shape index (κ1) is 18.3. The summed E-state index contributed by atoms with van der Waals surface area (Å²) in [6.45, 7) is 5.24. The third-order valence-corrected chi connectivity index (χ3v) is 3.45. The van der Waals surface area contributed by atoms with Gasteiger partial charge in [0.05, 0.1) is 20.6 Å². The molecule has 0 aliphatic carbocycles. The molecule has 0 radical (unpaired) electrons. The molecule has 0 spiro atoms. The molecule has 22 heavy (non-hydrogen) atoms. The highest BCUT2D eigenvalue weighted by Gasteiger charge is 2.41. The van der Waals surface area contributed by atoms with E-state index in [4.69, 9.17) is 9.47 Å². The van der Waals surface area contributed by atoms with E-state index in [0.29, 0.717) is 12.8 Å². The molecule has 1 aliphatic heterocycles. The Morgan fingerprint density at radius 1 is 1.09 bits per heavy atom. The number of methoxy groups -OCH3 is 2. The largest absolute Gasteiger partial charge is 0.469 e. The molecule has 7 nitrogen and oxygen atoms in total. The molecule has 0 N–H and O–H groups in total. The smallest absolute Gasteiger partial charge is 0.411 e. The van der Waals surface area contributed by atoms with Crippen molar-refractivity contribution >= 4 is 18.0 Å². The maximum Gasteiger partial charge on any atom is 0.411 e. The topological polar surface area (TPSA) is 82.1 Å². The van der Waals surface area contributed by atoms with Gasteiger partial charge in [0.15, 0.2) is 0 Å². The Morgan fingerprint density at radius 3 is 2.23 bits per heavy atom. The minimum atomic E-state index is -0.733. The summed E-state index contributed by atoms with van der Waals surface area (Å²) in [7, 11) is 2.57. The average molecular weight is 315 g/mol. The lowest BCUT2D eigenvalue weighted by Crippen LogP contribution is -2.55. The van der Waals surface area contributed by atoms with E-state index in [-0.39, 0.29) is 6.42 Å². The summed E-state index contributed by atoms with van der Waals surface area (Å²) >= 11 is 0. The zero-order valence-corrected chi connectivity index (χ0v) is 13.9. The van der Waals surface area contributed by atoms with Crippen molar-refractivity contribution in [3.8, 4) is 0 Å². The number of likely N-dealkylation sites (tertiary alicyclic amines) is 1. The molecule has 0 aromatic heterocycles.